The first-order valence-electron chi connectivity index (χ1n) is 8.11. The molecule has 0 aliphatic heterocycles. The number of halogens is 1. The number of thiazole rings is 1. The normalized spacial score (nSPS) is 29.6. The van der Waals surface area contributed by atoms with Gasteiger partial charge in [-0.3, -0.25) is 4.79 Å². The van der Waals surface area contributed by atoms with Gasteiger partial charge in [-0.2, -0.15) is 0 Å². The highest BCUT2D eigenvalue weighted by Crippen LogP contribution is 2.65. The topological polar surface area (TPSA) is 39.2 Å². The van der Waals surface area contributed by atoms with Crippen LogP contribution in [0.5, 0.6) is 0 Å². The molecule has 1 aromatic heterocycles. The molecule has 0 bridgehead atoms. The van der Waals surface area contributed by atoms with Gasteiger partial charge in [0.1, 0.15) is 5.60 Å². The van der Waals surface area contributed by atoms with Gasteiger partial charge in [0.25, 0.3) is 0 Å². The zero-order chi connectivity index (χ0) is 16.4. The second-order valence-corrected chi connectivity index (χ2v) is 9.70. The molecule has 1 aromatic carbocycles. The third-order valence-corrected chi connectivity index (χ3v) is 6.47. The summed E-state index contributed by atoms with van der Waals surface area (Å²) in [6.45, 7) is 5.80. The fraction of sp³-hybridized carbons (Fsp3) is 0.556. The molecule has 0 saturated heterocycles. The van der Waals surface area contributed by atoms with Crippen molar-refractivity contribution < 1.29 is 9.53 Å². The van der Waals surface area contributed by atoms with Crippen molar-refractivity contribution in [3.8, 4) is 0 Å². The van der Waals surface area contributed by atoms with Crippen molar-refractivity contribution in [1.29, 1.82) is 0 Å². The minimum absolute atomic E-state index is 0.0170. The van der Waals surface area contributed by atoms with Gasteiger partial charge in [0.2, 0.25) is 0 Å². The fourth-order valence-electron chi connectivity index (χ4n) is 3.85. The van der Waals surface area contributed by atoms with Crippen LogP contribution in [0.3, 0.4) is 0 Å². The van der Waals surface area contributed by atoms with Gasteiger partial charge < -0.3 is 4.74 Å². The monoisotopic (exact) mass is 393 g/mol. The SMILES string of the molecule is CC(C)(C)OC(=O)C1CC2C(C1)C2c1nc2cc(Br)ccc2s1. The highest BCUT2D eigenvalue weighted by molar-refractivity contribution is 9.10. The first kappa shape index (κ1) is 15.6. The van der Waals surface area contributed by atoms with E-state index in [1.54, 1.807) is 11.3 Å². The third kappa shape index (κ3) is 2.93. The Morgan fingerprint density at radius 2 is 2.00 bits per heavy atom. The molecule has 5 heteroatoms. The first-order chi connectivity index (χ1) is 10.8. The van der Waals surface area contributed by atoms with E-state index < -0.39 is 0 Å². The Morgan fingerprint density at radius 1 is 1.30 bits per heavy atom. The van der Waals surface area contributed by atoms with Crippen molar-refractivity contribution in [2.24, 2.45) is 17.8 Å². The van der Waals surface area contributed by atoms with Crippen molar-refractivity contribution in [2.75, 3.05) is 0 Å². The van der Waals surface area contributed by atoms with Gasteiger partial charge in [-0.25, -0.2) is 4.98 Å². The number of hydrogen-bond donors (Lipinski definition) is 0. The molecule has 2 aliphatic carbocycles. The first-order valence-corrected chi connectivity index (χ1v) is 9.71. The van der Waals surface area contributed by atoms with E-state index in [0.717, 1.165) is 22.8 Å². The number of fused-ring (bicyclic) bond motifs is 2. The number of esters is 1. The van der Waals surface area contributed by atoms with E-state index in [2.05, 4.69) is 34.1 Å². The highest BCUT2D eigenvalue weighted by atomic mass is 79.9. The highest BCUT2D eigenvalue weighted by Gasteiger charge is 2.59. The number of carbonyl (C=O) groups excluding carboxylic acids is 1. The largest absolute Gasteiger partial charge is 0.460 e. The van der Waals surface area contributed by atoms with E-state index in [-0.39, 0.29) is 17.5 Å². The Balaban J connectivity index is 1.44. The summed E-state index contributed by atoms with van der Waals surface area (Å²) in [7, 11) is 0. The van der Waals surface area contributed by atoms with Crippen molar-refractivity contribution in [3.05, 3.63) is 27.7 Å². The third-order valence-electron chi connectivity index (χ3n) is 4.84. The predicted molar refractivity (Wildman–Crippen MR) is 95.6 cm³/mol. The van der Waals surface area contributed by atoms with Crippen LogP contribution in [-0.4, -0.2) is 16.6 Å². The average molecular weight is 394 g/mol. The van der Waals surface area contributed by atoms with Gasteiger partial charge in [0.05, 0.1) is 21.1 Å². The molecule has 4 rings (SSSR count). The van der Waals surface area contributed by atoms with Gasteiger partial charge in [-0.15, -0.1) is 11.3 Å². The van der Waals surface area contributed by atoms with E-state index in [9.17, 15) is 4.79 Å². The molecule has 3 nitrogen and oxygen atoms in total. The van der Waals surface area contributed by atoms with E-state index in [1.165, 1.54) is 9.71 Å². The van der Waals surface area contributed by atoms with Crippen LogP contribution >= 0.6 is 27.3 Å². The molecular weight excluding hydrogens is 374 g/mol. The molecule has 122 valence electrons. The molecule has 23 heavy (non-hydrogen) atoms. The molecule has 1 heterocycles. The van der Waals surface area contributed by atoms with Crippen molar-refractivity contribution in [1.82, 2.24) is 4.98 Å². The zero-order valence-corrected chi connectivity index (χ0v) is 15.9. The molecule has 2 atom stereocenters. The maximum absolute atomic E-state index is 12.2. The lowest BCUT2D eigenvalue weighted by molar-refractivity contribution is -0.160. The summed E-state index contributed by atoms with van der Waals surface area (Å²) in [6.07, 6.45) is 1.92. The lowest BCUT2D eigenvalue weighted by atomic mass is 10.00. The van der Waals surface area contributed by atoms with Crippen LogP contribution in [-0.2, 0) is 9.53 Å². The Labute approximate surface area is 148 Å². The van der Waals surface area contributed by atoms with Gasteiger partial charge >= 0.3 is 5.97 Å². The summed E-state index contributed by atoms with van der Waals surface area (Å²) in [5.41, 5.74) is 0.692. The van der Waals surface area contributed by atoms with Crippen molar-refractivity contribution in [3.63, 3.8) is 0 Å². The van der Waals surface area contributed by atoms with Crippen LogP contribution in [0.4, 0.5) is 0 Å². The Kier molecular flexibility index (Phi) is 3.58. The lowest BCUT2D eigenvalue weighted by Crippen LogP contribution is -2.28. The summed E-state index contributed by atoms with van der Waals surface area (Å²) in [5, 5.41) is 1.25. The molecule has 0 radical (unpaired) electrons. The van der Waals surface area contributed by atoms with Crippen LogP contribution < -0.4 is 0 Å². The average Bonchev–Trinajstić information content (AvgIpc) is 2.84. The molecule has 0 N–H and O–H groups in total. The summed E-state index contributed by atoms with van der Waals surface area (Å²) in [4.78, 5) is 17.0. The van der Waals surface area contributed by atoms with Gasteiger partial charge in [0.15, 0.2) is 0 Å². The number of hydrogen-bond acceptors (Lipinski definition) is 4. The van der Waals surface area contributed by atoms with Crippen LogP contribution in [0.15, 0.2) is 22.7 Å². The Hall–Kier alpha value is -0.940. The predicted octanol–water partition coefficient (Wildman–Crippen LogP) is 5.14. The van der Waals surface area contributed by atoms with Crippen LogP contribution in [0.2, 0.25) is 0 Å². The van der Waals surface area contributed by atoms with Crippen molar-refractivity contribution >= 4 is 43.5 Å². The van der Waals surface area contributed by atoms with E-state index >= 15 is 0 Å². The molecular formula is C18H20BrNO2S. The molecule has 2 aromatic rings. The molecule has 2 unspecified atom stereocenters. The quantitative estimate of drug-likeness (QED) is 0.662. The molecule has 0 amide bonds. The summed E-state index contributed by atoms with van der Waals surface area (Å²) in [6, 6.07) is 6.27. The summed E-state index contributed by atoms with van der Waals surface area (Å²) in [5.74, 6) is 1.87. The Morgan fingerprint density at radius 3 is 2.65 bits per heavy atom. The Bertz CT molecular complexity index is 767. The van der Waals surface area contributed by atoms with Crippen LogP contribution in [0.1, 0.15) is 44.5 Å². The molecule has 2 saturated carbocycles. The number of ether oxygens (including phenoxy) is 1. The van der Waals surface area contributed by atoms with Crippen LogP contribution in [0.25, 0.3) is 10.2 Å². The number of benzene rings is 1. The minimum atomic E-state index is -0.385. The van der Waals surface area contributed by atoms with Gasteiger partial charge in [-0.05, 0) is 63.6 Å². The summed E-state index contributed by atoms with van der Waals surface area (Å²) < 4.78 is 7.85. The standard InChI is InChI=1S/C18H20BrNO2S/c1-18(2,3)22-17(21)9-6-11-12(7-9)15(11)16-20-13-8-10(19)4-5-14(13)23-16/h4-5,8-9,11-12,15H,6-7H2,1-3H3. The number of nitrogens with zero attached hydrogens (tertiary/aromatic N) is 1. The maximum Gasteiger partial charge on any atom is 0.309 e. The van der Waals surface area contributed by atoms with Gasteiger partial charge in [0, 0.05) is 10.4 Å². The molecule has 0 spiro atoms. The van der Waals surface area contributed by atoms with Crippen LogP contribution in [0, 0.1) is 17.8 Å². The van der Waals surface area contributed by atoms with Gasteiger partial charge in [-0.1, -0.05) is 15.9 Å². The van der Waals surface area contributed by atoms with Crippen molar-refractivity contribution in [2.45, 2.75) is 45.1 Å². The number of aromatic nitrogens is 1. The zero-order valence-electron chi connectivity index (χ0n) is 13.5. The second kappa shape index (κ2) is 5.28. The van der Waals surface area contributed by atoms with E-state index in [0.29, 0.717) is 17.8 Å². The maximum atomic E-state index is 12.2. The second-order valence-electron chi connectivity index (χ2n) is 7.72. The molecule has 2 fully saturated rings. The lowest BCUT2D eigenvalue weighted by Gasteiger charge is -2.22. The fourth-order valence-corrected chi connectivity index (χ4v) is 5.40. The van der Waals surface area contributed by atoms with E-state index in [4.69, 9.17) is 9.72 Å². The van der Waals surface area contributed by atoms with E-state index in [1.807, 2.05) is 20.8 Å². The smallest absolute Gasteiger partial charge is 0.309 e. The number of rotatable bonds is 2. The number of carbonyl (C=O) groups is 1. The summed E-state index contributed by atoms with van der Waals surface area (Å²) >= 11 is 5.31. The molecule has 2 aliphatic rings. The minimum Gasteiger partial charge on any atom is -0.460 e.